The van der Waals surface area contributed by atoms with Crippen LogP contribution in [0, 0.1) is 5.82 Å². The zero-order valence-electron chi connectivity index (χ0n) is 17.0. The fourth-order valence-corrected chi connectivity index (χ4v) is 4.88. The van der Waals surface area contributed by atoms with Gasteiger partial charge in [0.15, 0.2) is 0 Å². The van der Waals surface area contributed by atoms with Crippen molar-refractivity contribution in [1.29, 1.82) is 0 Å². The molecule has 0 aliphatic carbocycles. The van der Waals surface area contributed by atoms with Gasteiger partial charge in [-0.25, -0.2) is 4.39 Å². The highest BCUT2D eigenvalue weighted by molar-refractivity contribution is 9.11. The second kappa shape index (κ2) is 9.65. The molecule has 1 aromatic heterocycles. The number of amides is 3. The molecular formula is C21H21BrFN3O5S. The average Bonchev–Trinajstić information content (AvgIpc) is 3.36. The van der Waals surface area contributed by atoms with Crippen LogP contribution in [0.3, 0.4) is 0 Å². The summed E-state index contributed by atoms with van der Waals surface area (Å²) >= 11 is 4.57. The normalized spacial score (nSPS) is 21.3. The van der Waals surface area contributed by atoms with E-state index in [0.29, 0.717) is 31.1 Å². The maximum atomic E-state index is 14.8. The maximum absolute atomic E-state index is 14.8. The quantitative estimate of drug-likeness (QED) is 0.625. The van der Waals surface area contributed by atoms with Gasteiger partial charge in [0, 0.05) is 25.3 Å². The van der Waals surface area contributed by atoms with Crippen molar-refractivity contribution in [3.8, 4) is 0 Å². The van der Waals surface area contributed by atoms with Crippen molar-refractivity contribution in [1.82, 2.24) is 5.32 Å². The van der Waals surface area contributed by atoms with Gasteiger partial charge >= 0.3 is 0 Å². The van der Waals surface area contributed by atoms with Crippen molar-refractivity contribution in [2.45, 2.75) is 18.4 Å². The highest BCUT2D eigenvalue weighted by Gasteiger charge is 2.44. The lowest BCUT2D eigenvalue weighted by Crippen LogP contribution is -2.57. The minimum Gasteiger partial charge on any atom is -0.379 e. The van der Waals surface area contributed by atoms with Gasteiger partial charge < -0.3 is 25.0 Å². The molecule has 2 aliphatic heterocycles. The van der Waals surface area contributed by atoms with E-state index in [1.165, 1.54) is 28.4 Å². The molecule has 1 aromatic carbocycles. The number of halogens is 2. The van der Waals surface area contributed by atoms with Crippen molar-refractivity contribution in [3.05, 3.63) is 44.8 Å². The van der Waals surface area contributed by atoms with Crippen LogP contribution in [0.2, 0.25) is 0 Å². The fourth-order valence-electron chi connectivity index (χ4n) is 3.60. The fraction of sp³-hybridized carbons (Fsp3) is 0.381. The molecule has 3 amide bonds. The number of carbonyl (C=O) groups is 3. The molecule has 1 atom stereocenters. The number of rotatable bonds is 5. The Morgan fingerprint density at radius 3 is 2.69 bits per heavy atom. The van der Waals surface area contributed by atoms with E-state index < -0.39 is 17.3 Å². The Balaban J connectivity index is 1.49. The summed E-state index contributed by atoms with van der Waals surface area (Å²) in [4.78, 5) is 39.8. The van der Waals surface area contributed by atoms with Crippen LogP contribution in [0.1, 0.15) is 22.5 Å². The number of benzene rings is 1. The van der Waals surface area contributed by atoms with E-state index in [-0.39, 0.29) is 42.8 Å². The summed E-state index contributed by atoms with van der Waals surface area (Å²) < 4.78 is 26.3. The first-order valence-corrected chi connectivity index (χ1v) is 11.6. The zero-order valence-corrected chi connectivity index (χ0v) is 19.4. The SMILES string of the molecule is O=C(NC1(C(=O)Nc2ccc(N3CCOCCC3=O)c(F)c2)CCOC1)c1ccc(Br)s1. The summed E-state index contributed by atoms with van der Waals surface area (Å²) in [7, 11) is 0. The van der Waals surface area contributed by atoms with Crippen LogP contribution < -0.4 is 15.5 Å². The highest BCUT2D eigenvalue weighted by Crippen LogP contribution is 2.28. The van der Waals surface area contributed by atoms with E-state index in [4.69, 9.17) is 9.47 Å². The number of hydrogen-bond acceptors (Lipinski definition) is 6. The lowest BCUT2D eigenvalue weighted by atomic mass is 9.97. The lowest BCUT2D eigenvalue weighted by Gasteiger charge is -2.27. The van der Waals surface area contributed by atoms with Crippen molar-refractivity contribution < 1.29 is 28.2 Å². The maximum Gasteiger partial charge on any atom is 0.262 e. The molecule has 2 fully saturated rings. The Morgan fingerprint density at radius 1 is 1.16 bits per heavy atom. The molecule has 2 N–H and O–H groups in total. The summed E-state index contributed by atoms with van der Waals surface area (Å²) in [6, 6.07) is 7.55. The predicted molar refractivity (Wildman–Crippen MR) is 120 cm³/mol. The number of ether oxygens (including phenoxy) is 2. The van der Waals surface area contributed by atoms with Crippen LogP contribution in [-0.2, 0) is 19.1 Å². The second-order valence-corrected chi connectivity index (χ2v) is 9.93. The van der Waals surface area contributed by atoms with Crippen molar-refractivity contribution in [3.63, 3.8) is 0 Å². The highest BCUT2D eigenvalue weighted by atomic mass is 79.9. The zero-order chi connectivity index (χ0) is 22.7. The summed E-state index contributed by atoms with van der Waals surface area (Å²) in [5.41, 5.74) is -0.913. The van der Waals surface area contributed by atoms with Crippen LogP contribution in [0.5, 0.6) is 0 Å². The first kappa shape index (κ1) is 22.8. The molecule has 11 heteroatoms. The van der Waals surface area contributed by atoms with Gasteiger partial charge in [0.25, 0.3) is 11.8 Å². The van der Waals surface area contributed by atoms with E-state index >= 15 is 0 Å². The minimum atomic E-state index is -1.26. The number of thiophene rings is 1. The molecule has 0 radical (unpaired) electrons. The number of hydrogen-bond donors (Lipinski definition) is 2. The molecule has 2 saturated heterocycles. The first-order valence-electron chi connectivity index (χ1n) is 10.0. The molecule has 2 aromatic rings. The summed E-state index contributed by atoms with van der Waals surface area (Å²) in [6.07, 6.45) is 0.473. The third kappa shape index (κ3) is 4.85. The van der Waals surface area contributed by atoms with Gasteiger partial charge in [0.1, 0.15) is 11.4 Å². The molecule has 0 spiro atoms. The number of anilines is 2. The van der Waals surface area contributed by atoms with Crippen LogP contribution in [0.25, 0.3) is 0 Å². The standard InChI is InChI=1S/C21H21BrFN3O5S/c22-17-4-3-16(32-17)19(28)25-21(6-9-31-12-21)20(29)24-13-1-2-15(14(23)11-13)26-7-10-30-8-5-18(26)27/h1-4,11H,5-10,12H2,(H,24,29)(H,25,28). The van der Waals surface area contributed by atoms with E-state index in [1.54, 1.807) is 12.1 Å². The Morgan fingerprint density at radius 2 is 2.00 bits per heavy atom. The Hall–Kier alpha value is -2.34. The molecule has 2 aliphatic rings. The van der Waals surface area contributed by atoms with Crippen molar-refractivity contribution >= 4 is 56.4 Å². The van der Waals surface area contributed by atoms with Crippen LogP contribution in [0.4, 0.5) is 15.8 Å². The molecule has 32 heavy (non-hydrogen) atoms. The minimum absolute atomic E-state index is 0.0139. The number of nitrogens with zero attached hydrogens (tertiary/aromatic N) is 1. The van der Waals surface area contributed by atoms with Crippen LogP contribution >= 0.6 is 27.3 Å². The largest absolute Gasteiger partial charge is 0.379 e. The molecule has 4 rings (SSSR count). The Bertz CT molecular complexity index is 1040. The van der Waals surface area contributed by atoms with Gasteiger partial charge in [-0.2, -0.15) is 0 Å². The van der Waals surface area contributed by atoms with Crippen molar-refractivity contribution in [2.75, 3.05) is 43.2 Å². The Kier molecular flexibility index (Phi) is 6.89. The van der Waals surface area contributed by atoms with Crippen molar-refractivity contribution in [2.24, 2.45) is 0 Å². The molecular weight excluding hydrogens is 505 g/mol. The van der Waals surface area contributed by atoms with Gasteiger partial charge in [-0.15, -0.1) is 11.3 Å². The van der Waals surface area contributed by atoms with E-state index in [0.717, 1.165) is 9.85 Å². The topological polar surface area (TPSA) is 97.0 Å². The van der Waals surface area contributed by atoms with E-state index in [9.17, 15) is 18.8 Å². The summed E-state index contributed by atoms with van der Waals surface area (Å²) in [5.74, 6) is -1.74. The molecule has 3 heterocycles. The molecule has 170 valence electrons. The van der Waals surface area contributed by atoms with Crippen LogP contribution in [-0.4, -0.2) is 56.2 Å². The summed E-state index contributed by atoms with van der Waals surface area (Å²) in [5, 5.41) is 5.46. The third-order valence-corrected chi connectivity index (χ3v) is 6.95. The van der Waals surface area contributed by atoms with E-state index in [1.807, 2.05) is 0 Å². The predicted octanol–water partition coefficient (Wildman–Crippen LogP) is 2.93. The average molecular weight is 526 g/mol. The number of nitrogens with one attached hydrogen (secondary N) is 2. The molecule has 8 nitrogen and oxygen atoms in total. The van der Waals surface area contributed by atoms with Gasteiger partial charge in [0.05, 0.1) is 40.6 Å². The molecule has 1 unspecified atom stereocenters. The number of carbonyl (C=O) groups excluding carboxylic acids is 3. The van der Waals surface area contributed by atoms with Gasteiger partial charge in [-0.3, -0.25) is 14.4 Å². The smallest absolute Gasteiger partial charge is 0.262 e. The van der Waals surface area contributed by atoms with E-state index in [2.05, 4.69) is 26.6 Å². The van der Waals surface area contributed by atoms with Gasteiger partial charge in [0.2, 0.25) is 5.91 Å². The monoisotopic (exact) mass is 525 g/mol. The second-order valence-electron chi connectivity index (χ2n) is 7.47. The van der Waals surface area contributed by atoms with Gasteiger partial charge in [-0.1, -0.05) is 0 Å². The lowest BCUT2D eigenvalue weighted by molar-refractivity contribution is -0.122. The van der Waals surface area contributed by atoms with Gasteiger partial charge in [-0.05, 0) is 46.3 Å². The third-order valence-electron chi connectivity index (χ3n) is 5.32. The molecule has 0 saturated carbocycles. The summed E-state index contributed by atoms with van der Waals surface area (Å²) in [6.45, 7) is 1.22. The Labute approximate surface area is 196 Å². The molecule has 0 bridgehead atoms. The van der Waals surface area contributed by atoms with Crippen LogP contribution in [0.15, 0.2) is 34.1 Å². The first-order chi connectivity index (χ1) is 15.4.